The normalized spacial score (nSPS) is 22.4. The van der Waals surface area contributed by atoms with Gasteiger partial charge < -0.3 is 14.4 Å². The van der Waals surface area contributed by atoms with Gasteiger partial charge in [-0.3, -0.25) is 9.69 Å². The Morgan fingerprint density at radius 3 is 2.62 bits per heavy atom. The minimum absolute atomic E-state index is 0.157. The number of nitrogens with zero attached hydrogens (tertiary/aromatic N) is 2. The number of benzene rings is 1. The van der Waals surface area contributed by atoms with Gasteiger partial charge in [-0.05, 0) is 49.9 Å². The molecule has 2 saturated heterocycles. The van der Waals surface area contributed by atoms with Gasteiger partial charge in [0.2, 0.25) is 0 Å². The molecular weight excluding hydrogens is 304 g/mol. The van der Waals surface area contributed by atoms with Crippen LogP contribution in [0.1, 0.15) is 36.0 Å². The predicted molar refractivity (Wildman–Crippen MR) is 93.5 cm³/mol. The van der Waals surface area contributed by atoms with Crippen molar-refractivity contribution in [2.45, 2.75) is 31.7 Å². The summed E-state index contributed by atoms with van der Waals surface area (Å²) in [4.78, 5) is 17.5. The van der Waals surface area contributed by atoms with Gasteiger partial charge in [-0.2, -0.15) is 0 Å². The van der Waals surface area contributed by atoms with E-state index in [2.05, 4.69) is 9.80 Å². The fraction of sp³-hybridized carbons (Fsp3) is 0.632. The summed E-state index contributed by atoms with van der Waals surface area (Å²) in [5, 5.41) is 0. The van der Waals surface area contributed by atoms with Crippen molar-refractivity contribution in [3.8, 4) is 5.75 Å². The molecule has 5 heteroatoms. The number of methoxy groups -OCH3 is 1. The van der Waals surface area contributed by atoms with Crippen molar-refractivity contribution in [2.24, 2.45) is 0 Å². The van der Waals surface area contributed by atoms with Crippen molar-refractivity contribution in [2.75, 3.05) is 46.5 Å². The number of hydrogen-bond donors (Lipinski definition) is 0. The van der Waals surface area contributed by atoms with Crippen molar-refractivity contribution in [1.29, 1.82) is 0 Å². The number of ether oxygens (including phenoxy) is 2. The van der Waals surface area contributed by atoms with E-state index in [0.717, 1.165) is 70.0 Å². The lowest BCUT2D eigenvalue weighted by molar-refractivity contribution is 0.0295. The van der Waals surface area contributed by atoms with Crippen LogP contribution in [0.4, 0.5) is 0 Å². The van der Waals surface area contributed by atoms with Crippen LogP contribution in [0, 0.1) is 0 Å². The Hall–Kier alpha value is -1.59. The van der Waals surface area contributed by atoms with E-state index >= 15 is 0 Å². The Balaban J connectivity index is 1.60. The molecule has 2 heterocycles. The molecule has 5 nitrogen and oxygen atoms in total. The minimum atomic E-state index is 0.157. The highest BCUT2D eigenvalue weighted by atomic mass is 16.5. The molecule has 2 fully saturated rings. The van der Waals surface area contributed by atoms with Gasteiger partial charge in [-0.25, -0.2) is 0 Å². The summed E-state index contributed by atoms with van der Waals surface area (Å²) in [6.45, 7) is 5.62. The van der Waals surface area contributed by atoms with Crippen LogP contribution in [0.2, 0.25) is 0 Å². The average Bonchev–Trinajstić information content (AvgIpc) is 2.67. The van der Waals surface area contributed by atoms with Crippen molar-refractivity contribution in [3.05, 3.63) is 29.8 Å². The molecule has 2 aliphatic rings. The third-order valence-electron chi connectivity index (χ3n) is 5.11. The molecule has 1 aromatic rings. The number of carbonyl (C=O) groups excluding carboxylic acids is 1. The second-order valence-electron chi connectivity index (χ2n) is 6.62. The Labute approximate surface area is 144 Å². The zero-order valence-corrected chi connectivity index (χ0v) is 14.6. The number of carbonyl (C=O) groups is 1. The van der Waals surface area contributed by atoms with E-state index in [1.165, 1.54) is 6.42 Å². The number of likely N-dealkylation sites (tertiary alicyclic amines) is 1. The number of hydrogen-bond acceptors (Lipinski definition) is 4. The first-order valence-corrected chi connectivity index (χ1v) is 9.03. The summed E-state index contributed by atoms with van der Waals surface area (Å²) in [7, 11) is 1.64. The maximum atomic E-state index is 12.9. The third-order valence-corrected chi connectivity index (χ3v) is 5.11. The summed E-state index contributed by atoms with van der Waals surface area (Å²) in [5.74, 6) is 0.943. The quantitative estimate of drug-likeness (QED) is 0.830. The van der Waals surface area contributed by atoms with E-state index in [1.807, 2.05) is 24.3 Å². The Bertz CT molecular complexity index is 526. The Morgan fingerprint density at radius 2 is 1.92 bits per heavy atom. The lowest BCUT2D eigenvalue weighted by atomic mass is 9.97. The third kappa shape index (κ3) is 4.28. The van der Waals surface area contributed by atoms with Crippen LogP contribution >= 0.6 is 0 Å². The van der Waals surface area contributed by atoms with E-state index in [4.69, 9.17) is 9.47 Å². The van der Waals surface area contributed by atoms with Gasteiger partial charge in [0.25, 0.3) is 5.91 Å². The molecule has 0 radical (unpaired) electrons. The smallest absolute Gasteiger partial charge is 0.254 e. The monoisotopic (exact) mass is 332 g/mol. The van der Waals surface area contributed by atoms with Gasteiger partial charge in [0.05, 0.1) is 20.3 Å². The fourth-order valence-corrected chi connectivity index (χ4v) is 3.62. The second kappa shape index (κ2) is 8.49. The van der Waals surface area contributed by atoms with Crippen molar-refractivity contribution >= 4 is 5.91 Å². The topological polar surface area (TPSA) is 42.0 Å². The Morgan fingerprint density at radius 1 is 1.17 bits per heavy atom. The lowest BCUT2D eigenvalue weighted by Gasteiger charge is -2.37. The highest BCUT2D eigenvalue weighted by Gasteiger charge is 2.28. The van der Waals surface area contributed by atoms with E-state index < -0.39 is 0 Å². The summed E-state index contributed by atoms with van der Waals surface area (Å²) in [5.41, 5.74) is 0.758. The van der Waals surface area contributed by atoms with Gasteiger partial charge in [0.15, 0.2) is 0 Å². The van der Waals surface area contributed by atoms with Crippen LogP contribution in [-0.4, -0.2) is 68.3 Å². The molecule has 0 saturated carbocycles. The highest BCUT2D eigenvalue weighted by molar-refractivity contribution is 5.94. The molecule has 0 aliphatic carbocycles. The first kappa shape index (κ1) is 17.2. The number of morpholine rings is 1. The van der Waals surface area contributed by atoms with Crippen molar-refractivity contribution in [1.82, 2.24) is 9.80 Å². The van der Waals surface area contributed by atoms with Crippen molar-refractivity contribution < 1.29 is 14.3 Å². The second-order valence-corrected chi connectivity index (χ2v) is 6.62. The van der Waals surface area contributed by atoms with Gasteiger partial charge >= 0.3 is 0 Å². The molecule has 1 unspecified atom stereocenters. The number of rotatable bonds is 5. The summed E-state index contributed by atoms with van der Waals surface area (Å²) >= 11 is 0. The maximum Gasteiger partial charge on any atom is 0.254 e. The van der Waals surface area contributed by atoms with Crippen LogP contribution in [0.25, 0.3) is 0 Å². The van der Waals surface area contributed by atoms with Gasteiger partial charge in [-0.1, -0.05) is 0 Å². The molecule has 0 spiro atoms. The van der Waals surface area contributed by atoms with Crippen LogP contribution in [0.3, 0.4) is 0 Å². The molecule has 2 aliphatic heterocycles. The average molecular weight is 332 g/mol. The molecule has 1 amide bonds. The lowest BCUT2D eigenvalue weighted by Crippen LogP contribution is -2.46. The molecular formula is C19H28N2O3. The van der Waals surface area contributed by atoms with Crippen LogP contribution in [-0.2, 0) is 4.74 Å². The van der Waals surface area contributed by atoms with E-state index in [0.29, 0.717) is 6.04 Å². The van der Waals surface area contributed by atoms with Crippen molar-refractivity contribution in [3.63, 3.8) is 0 Å². The molecule has 1 aromatic carbocycles. The zero-order chi connectivity index (χ0) is 16.8. The highest BCUT2D eigenvalue weighted by Crippen LogP contribution is 2.23. The van der Waals surface area contributed by atoms with Gasteiger partial charge in [0.1, 0.15) is 5.75 Å². The molecule has 1 atom stereocenters. The first-order valence-electron chi connectivity index (χ1n) is 9.03. The first-order chi connectivity index (χ1) is 11.8. The van der Waals surface area contributed by atoms with Crippen LogP contribution in [0.15, 0.2) is 24.3 Å². The SMILES string of the molecule is COc1ccc(C(=O)N2CCCCC2CCN2CCOCC2)cc1. The maximum absolute atomic E-state index is 12.9. The van der Waals surface area contributed by atoms with E-state index in [1.54, 1.807) is 7.11 Å². The number of piperidine rings is 1. The summed E-state index contributed by atoms with van der Waals surface area (Å²) in [6, 6.07) is 7.82. The minimum Gasteiger partial charge on any atom is -0.497 e. The largest absolute Gasteiger partial charge is 0.497 e. The summed E-state index contributed by atoms with van der Waals surface area (Å²) < 4.78 is 10.6. The standard InChI is InChI=1S/C19H28N2O3/c1-23-18-7-5-16(6-8-18)19(22)21-10-3-2-4-17(21)9-11-20-12-14-24-15-13-20/h5-8,17H,2-4,9-15H2,1H3. The molecule has 132 valence electrons. The Kier molecular flexibility index (Phi) is 6.10. The summed E-state index contributed by atoms with van der Waals surface area (Å²) in [6.07, 6.45) is 4.50. The van der Waals surface area contributed by atoms with E-state index in [-0.39, 0.29) is 5.91 Å². The van der Waals surface area contributed by atoms with E-state index in [9.17, 15) is 4.79 Å². The number of amides is 1. The fourth-order valence-electron chi connectivity index (χ4n) is 3.62. The zero-order valence-electron chi connectivity index (χ0n) is 14.6. The molecule has 0 bridgehead atoms. The molecule has 3 rings (SSSR count). The van der Waals surface area contributed by atoms with Crippen LogP contribution < -0.4 is 4.74 Å². The molecule has 0 aromatic heterocycles. The van der Waals surface area contributed by atoms with Crippen LogP contribution in [0.5, 0.6) is 5.75 Å². The van der Waals surface area contributed by atoms with Gasteiger partial charge in [-0.15, -0.1) is 0 Å². The predicted octanol–water partition coefficient (Wildman–Crippen LogP) is 2.41. The molecule has 0 N–H and O–H groups in total. The molecule has 24 heavy (non-hydrogen) atoms. The van der Waals surface area contributed by atoms with Gasteiger partial charge in [0, 0.05) is 37.8 Å².